The van der Waals surface area contributed by atoms with Crippen LogP contribution in [0, 0.1) is 5.92 Å². The molecule has 2 aliphatic rings. The van der Waals surface area contributed by atoms with E-state index in [4.69, 9.17) is 0 Å². The minimum Gasteiger partial charge on any atom is -0.340 e. The van der Waals surface area contributed by atoms with Crippen molar-refractivity contribution in [3.05, 3.63) is 53.3 Å². The maximum Gasteiger partial charge on any atom is 0.329 e. The summed E-state index contributed by atoms with van der Waals surface area (Å²) < 4.78 is 5.37. The van der Waals surface area contributed by atoms with Gasteiger partial charge in [0.15, 0.2) is 0 Å². The van der Waals surface area contributed by atoms with Gasteiger partial charge in [0.05, 0.1) is 23.4 Å². The minimum atomic E-state index is 0.00880. The van der Waals surface area contributed by atoms with E-state index in [2.05, 4.69) is 20.7 Å². The summed E-state index contributed by atoms with van der Waals surface area (Å²) in [6, 6.07) is 8.09. The fraction of sp³-hybridized carbons (Fsp3) is 0.385. The number of pyridine rings is 1. The summed E-state index contributed by atoms with van der Waals surface area (Å²) in [7, 11) is 3.68. The zero-order chi connectivity index (χ0) is 24.1. The van der Waals surface area contributed by atoms with Crippen LogP contribution in [-0.4, -0.2) is 29.8 Å². The van der Waals surface area contributed by atoms with E-state index in [-0.39, 0.29) is 23.6 Å². The predicted octanol–water partition coefficient (Wildman–Crippen LogP) is 4.34. The number of imidazole rings is 1. The smallest absolute Gasteiger partial charge is 0.329 e. The first-order valence-corrected chi connectivity index (χ1v) is 12.3. The molecular formula is C26H29N7O2. The van der Waals surface area contributed by atoms with Gasteiger partial charge in [-0.25, -0.2) is 9.78 Å². The molecular weight excluding hydrogens is 442 g/mol. The minimum absolute atomic E-state index is 0.00880. The van der Waals surface area contributed by atoms with Crippen molar-refractivity contribution in [1.82, 2.24) is 23.9 Å². The van der Waals surface area contributed by atoms with Crippen molar-refractivity contribution in [2.24, 2.45) is 20.0 Å². The summed E-state index contributed by atoms with van der Waals surface area (Å²) in [4.78, 5) is 30.0. The van der Waals surface area contributed by atoms with Gasteiger partial charge in [0, 0.05) is 55.3 Å². The van der Waals surface area contributed by atoms with Gasteiger partial charge in [0.2, 0.25) is 5.91 Å². The van der Waals surface area contributed by atoms with E-state index in [0.29, 0.717) is 5.82 Å². The lowest BCUT2D eigenvalue weighted by atomic mass is 10.1. The van der Waals surface area contributed by atoms with Crippen molar-refractivity contribution >= 4 is 34.1 Å². The third-order valence-corrected chi connectivity index (χ3v) is 7.12. The first kappa shape index (κ1) is 21.6. The van der Waals surface area contributed by atoms with Crippen LogP contribution in [0.2, 0.25) is 0 Å². The Bertz CT molecular complexity index is 1490. The molecule has 0 spiro atoms. The first-order chi connectivity index (χ1) is 17.0. The molecule has 35 heavy (non-hydrogen) atoms. The molecule has 1 amide bonds. The zero-order valence-corrected chi connectivity index (χ0v) is 20.0. The summed E-state index contributed by atoms with van der Waals surface area (Å²) in [5, 5.41) is 10.8. The number of hydrogen-bond acceptors (Lipinski definition) is 5. The second-order valence-corrected chi connectivity index (χ2v) is 9.80. The number of benzene rings is 1. The number of nitrogens with zero attached hydrogens (tertiary/aromatic N) is 5. The van der Waals surface area contributed by atoms with Gasteiger partial charge < -0.3 is 10.6 Å². The highest BCUT2D eigenvalue weighted by Crippen LogP contribution is 2.34. The van der Waals surface area contributed by atoms with E-state index >= 15 is 0 Å². The summed E-state index contributed by atoms with van der Waals surface area (Å²) in [5.74, 6) is 0.823. The maximum absolute atomic E-state index is 13.0. The summed E-state index contributed by atoms with van der Waals surface area (Å²) in [6.45, 7) is 0. The number of hydrogen-bond donors (Lipinski definition) is 2. The van der Waals surface area contributed by atoms with Crippen molar-refractivity contribution in [2.75, 3.05) is 10.6 Å². The molecule has 1 aromatic carbocycles. The highest BCUT2D eigenvalue weighted by atomic mass is 16.2. The lowest BCUT2D eigenvalue weighted by Gasteiger charge is -2.13. The highest BCUT2D eigenvalue weighted by molar-refractivity contribution is 5.95. The van der Waals surface area contributed by atoms with Gasteiger partial charge in [-0.05, 0) is 49.4 Å². The van der Waals surface area contributed by atoms with Gasteiger partial charge in [-0.3, -0.25) is 18.6 Å². The number of carbonyl (C=O) groups excluding carboxylic acids is 1. The summed E-state index contributed by atoms with van der Waals surface area (Å²) in [6.07, 6.45) is 11.8. The predicted molar refractivity (Wildman–Crippen MR) is 136 cm³/mol. The van der Waals surface area contributed by atoms with E-state index in [0.717, 1.165) is 72.1 Å². The van der Waals surface area contributed by atoms with Crippen LogP contribution in [0.15, 0.2) is 47.7 Å². The fourth-order valence-electron chi connectivity index (χ4n) is 5.09. The van der Waals surface area contributed by atoms with Gasteiger partial charge in [-0.15, -0.1) is 0 Å². The number of carbonyl (C=O) groups is 1. The number of anilines is 3. The van der Waals surface area contributed by atoms with Crippen LogP contribution in [0.25, 0.3) is 22.2 Å². The quantitative estimate of drug-likeness (QED) is 0.436. The van der Waals surface area contributed by atoms with Crippen LogP contribution in [0.5, 0.6) is 0 Å². The molecule has 9 heteroatoms. The Labute approximate surface area is 202 Å². The first-order valence-electron chi connectivity index (χ1n) is 12.3. The van der Waals surface area contributed by atoms with Crippen molar-refractivity contribution in [2.45, 2.75) is 44.6 Å². The molecule has 0 radical (unpaired) electrons. The lowest BCUT2D eigenvalue weighted by molar-refractivity contribution is -0.117. The second kappa shape index (κ2) is 8.41. The van der Waals surface area contributed by atoms with Crippen molar-refractivity contribution in [1.29, 1.82) is 0 Å². The van der Waals surface area contributed by atoms with E-state index in [9.17, 15) is 9.59 Å². The molecule has 2 aliphatic carbocycles. The monoisotopic (exact) mass is 471 g/mol. The van der Waals surface area contributed by atoms with Gasteiger partial charge >= 0.3 is 5.69 Å². The standard InChI is InChI=1S/C26H29N7O2/c1-31-15-18(13-28-31)17-9-19(11-20(10-17)30-25(34)16-7-8-16)29-24-12-22-23(14-27-24)32(2)26(35)33(22)21-5-3-4-6-21/h9-16,21H,3-8H2,1-2H3,(H,27,29)(H,30,34). The molecule has 3 heterocycles. The highest BCUT2D eigenvalue weighted by Gasteiger charge is 2.29. The Morgan fingerprint density at radius 3 is 2.43 bits per heavy atom. The molecule has 9 nitrogen and oxygen atoms in total. The van der Waals surface area contributed by atoms with E-state index in [1.54, 1.807) is 28.7 Å². The van der Waals surface area contributed by atoms with Crippen LogP contribution in [0.4, 0.5) is 17.2 Å². The Kier molecular flexibility index (Phi) is 5.20. The average molecular weight is 472 g/mol. The number of fused-ring (bicyclic) bond motifs is 1. The van der Waals surface area contributed by atoms with Crippen molar-refractivity contribution in [3.8, 4) is 11.1 Å². The van der Waals surface area contributed by atoms with E-state index in [1.807, 2.05) is 42.1 Å². The van der Waals surface area contributed by atoms with Crippen molar-refractivity contribution in [3.63, 3.8) is 0 Å². The Balaban J connectivity index is 1.38. The second-order valence-electron chi connectivity index (χ2n) is 9.80. The summed E-state index contributed by atoms with van der Waals surface area (Å²) >= 11 is 0. The van der Waals surface area contributed by atoms with E-state index in [1.165, 1.54) is 0 Å². The number of nitrogens with one attached hydrogen (secondary N) is 2. The van der Waals surface area contributed by atoms with Gasteiger partial charge in [-0.2, -0.15) is 5.10 Å². The van der Waals surface area contributed by atoms with E-state index < -0.39 is 0 Å². The molecule has 6 rings (SSSR count). The fourth-order valence-corrected chi connectivity index (χ4v) is 5.09. The molecule has 0 bridgehead atoms. The molecule has 0 atom stereocenters. The largest absolute Gasteiger partial charge is 0.340 e. The molecule has 0 unspecified atom stereocenters. The molecule has 0 aliphatic heterocycles. The third-order valence-electron chi connectivity index (χ3n) is 7.12. The number of rotatable bonds is 6. The van der Waals surface area contributed by atoms with Crippen LogP contribution in [0.1, 0.15) is 44.6 Å². The number of aromatic nitrogens is 5. The van der Waals surface area contributed by atoms with Gasteiger partial charge in [-0.1, -0.05) is 12.8 Å². The van der Waals surface area contributed by atoms with Crippen LogP contribution in [-0.2, 0) is 18.9 Å². The van der Waals surface area contributed by atoms with Crippen LogP contribution in [0.3, 0.4) is 0 Å². The molecule has 0 saturated heterocycles. The molecule has 4 aromatic rings. The molecule has 2 saturated carbocycles. The molecule has 180 valence electrons. The van der Waals surface area contributed by atoms with Gasteiger partial charge in [0.25, 0.3) is 0 Å². The average Bonchev–Trinajstić information content (AvgIpc) is 3.29. The molecule has 2 fully saturated rings. The molecule has 2 N–H and O–H groups in total. The normalized spacial score (nSPS) is 16.2. The Morgan fingerprint density at radius 1 is 0.943 bits per heavy atom. The zero-order valence-electron chi connectivity index (χ0n) is 20.0. The van der Waals surface area contributed by atoms with Gasteiger partial charge in [0.1, 0.15) is 5.82 Å². The van der Waals surface area contributed by atoms with Crippen molar-refractivity contribution < 1.29 is 4.79 Å². The van der Waals surface area contributed by atoms with Crippen LogP contribution >= 0.6 is 0 Å². The SMILES string of the molecule is Cn1cc(-c2cc(NC(=O)C3CC3)cc(Nc3cc4c(cn3)n(C)c(=O)n4C3CCCC3)c2)cn1. The Hall–Kier alpha value is -3.88. The van der Waals surface area contributed by atoms with Crippen LogP contribution < -0.4 is 16.3 Å². The Morgan fingerprint density at radius 2 is 1.71 bits per heavy atom. The maximum atomic E-state index is 13.0. The third kappa shape index (κ3) is 4.11. The molecule has 3 aromatic heterocycles. The lowest BCUT2D eigenvalue weighted by Crippen LogP contribution is -2.24. The number of amides is 1. The topological polar surface area (TPSA) is 98.8 Å². The number of aryl methyl sites for hydroxylation is 2. The summed E-state index contributed by atoms with van der Waals surface area (Å²) in [5.41, 5.74) is 5.16.